The fourth-order valence-electron chi connectivity index (χ4n) is 2.95. The zero-order valence-corrected chi connectivity index (χ0v) is 12.1. The predicted molar refractivity (Wildman–Crippen MR) is 85.5 cm³/mol. The van der Waals surface area contributed by atoms with E-state index in [4.69, 9.17) is 0 Å². The molecule has 0 unspecified atom stereocenters. The summed E-state index contributed by atoms with van der Waals surface area (Å²) < 4.78 is 0. The molecule has 1 aromatic heterocycles. The smallest absolute Gasteiger partial charge is 0.0702 e. The fraction of sp³-hybridized carbons (Fsp3) is 0.211. The van der Waals surface area contributed by atoms with Gasteiger partial charge in [-0.3, -0.25) is 4.98 Å². The molecule has 1 aromatic carbocycles. The van der Waals surface area contributed by atoms with E-state index < -0.39 is 0 Å². The maximum atomic E-state index is 4.43. The van der Waals surface area contributed by atoms with Crippen LogP contribution in [0, 0.1) is 0 Å². The molecule has 1 aliphatic rings. The highest BCUT2D eigenvalue weighted by molar-refractivity contribution is 5.74. The molecule has 2 aromatic rings. The number of pyridine rings is 1. The Balaban J connectivity index is 2.07. The van der Waals surface area contributed by atoms with Gasteiger partial charge in [-0.25, -0.2) is 0 Å². The van der Waals surface area contributed by atoms with E-state index in [1.807, 2.05) is 24.4 Å². The van der Waals surface area contributed by atoms with Crippen LogP contribution < -0.4 is 0 Å². The molecule has 0 N–H and O–H groups in total. The van der Waals surface area contributed by atoms with Gasteiger partial charge in [-0.1, -0.05) is 49.8 Å². The molecule has 0 atom stereocenters. The molecule has 0 fully saturated rings. The summed E-state index contributed by atoms with van der Waals surface area (Å²) in [4.78, 5) is 4.43. The first-order valence-electron chi connectivity index (χ1n) is 7.01. The van der Waals surface area contributed by atoms with E-state index >= 15 is 0 Å². The number of allylic oxidation sites excluding steroid dienone is 2. The second kappa shape index (κ2) is 4.75. The van der Waals surface area contributed by atoms with Crippen LogP contribution in [0.1, 0.15) is 31.4 Å². The van der Waals surface area contributed by atoms with Crippen LogP contribution in [-0.4, -0.2) is 4.98 Å². The number of nitrogens with zero attached hydrogens (tertiary/aromatic N) is 1. The van der Waals surface area contributed by atoms with Crippen molar-refractivity contribution in [3.63, 3.8) is 0 Å². The molecule has 0 aliphatic heterocycles. The van der Waals surface area contributed by atoms with Gasteiger partial charge in [0.25, 0.3) is 0 Å². The maximum absolute atomic E-state index is 4.43. The van der Waals surface area contributed by atoms with Gasteiger partial charge < -0.3 is 0 Å². The van der Waals surface area contributed by atoms with Gasteiger partial charge in [-0.2, -0.15) is 0 Å². The Labute approximate surface area is 120 Å². The van der Waals surface area contributed by atoms with Gasteiger partial charge in [0, 0.05) is 17.2 Å². The van der Waals surface area contributed by atoms with Crippen LogP contribution in [0.5, 0.6) is 0 Å². The molecular formula is C19H19N. The summed E-state index contributed by atoms with van der Waals surface area (Å²) in [7, 11) is 0. The third kappa shape index (κ3) is 2.00. The molecule has 100 valence electrons. The molecule has 0 spiro atoms. The zero-order chi connectivity index (χ0) is 14.2. The highest BCUT2D eigenvalue weighted by Gasteiger charge is 2.31. The highest BCUT2D eigenvalue weighted by atomic mass is 14.7. The maximum Gasteiger partial charge on any atom is 0.0702 e. The predicted octanol–water partition coefficient (Wildman–Crippen LogP) is 5.00. The highest BCUT2D eigenvalue weighted by Crippen LogP contribution is 2.43. The third-order valence-corrected chi connectivity index (χ3v) is 4.18. The first-order valence-corrected chi connectivity index (χ1v) is 7.01. The van der Waals surface area contributed by atoms with Crippen LogP contribution in [0.15, 0.2) is 60.8 Å². The standard InChI is InChI=1S/C19H19N/c1-4-7-16-13-15-12-14(18-8-5-6-11-20-18)9-10-17(15)19(16,2)3/h4-6,8-13H,1,7H2,2-3H3. The third-order valence-electron chi connectivity index (χ3n) is 4.18. The molecule has 20 heavy (non-hydrogen) atoms. The van der Waals surface area contributed by atoms with Crippen LogP contribution in [0.4, 0.5) is 0 Å². The number of aromatic nitrogens is 1. The Hall–Kier alpha value is -2.15. The second-order valence-corrected chi connectivity index (χ2v) is 5.80. The fourth-order valence-corrected chi connectivity index (χ4v) is 2.95. The first kappa shape index (κ1) is 12.9. The Morgan fingerprint density at radius 2 is 2.05 bits per heavy atom. The Bertz CT molecular complexity index is 678. The van der Waals surface area contributed by atoms with Crippen molar-refractivity contribution in [3.05, 3.63) is 72.0 Å². The molecule has 3 rings (SSSR count). The minimum absolute atomic E-state index is 0.103. The first-order chi connectivity index (χ1) is 9.63. The lowest BCUT2D eigenvalue weighted by atomic mass is 9.80. The lowest BCUT2D eigenvalue weighted by molar-refractivity contribution is 0.626. The minimum Gasteiger partial charge on any atom is -0.256 e. The number of benzene rings is 1. The van der Waals surface area contributed by atoms with Crippen LogP contribution in [0.3, 0.4) is 0 Å². The monoisotopic (exact) mass is 261 g/mol. The van der Waals surface area contributed by atoms with E-state index in [0.717, 1.165) is 12.1 Å². The average Bonchev–Trinajstić information content (AvgIpc) is 2.71. The van der Waals surface area contributed by atoms with Gasteiger partial charge >= 0.3 is 0 Å². The van der Waals surface area contributed by atoms with E-state index in [0.29, 0.717) is 0 Å². The van der Waals surface area contributed by atoms with E-state index in [-0.39, 0.29) is 5.41 Å². The molecule has 0 saturated heterocycles. The molecule has 0 bridgehead atoms. The summed E-state index contributed by atoms with van der Waals surface area (Å²) in [6, 6.07) is 12.7. The van der Waals surface area contributed by atoms with Gasteiger partial charge in [0.2, 0.25) is 0 Å². The second-order valence-electron chi connectivity index (χ2n) is 5.80. The largest absolute Gasteiger partial charge is 0.256 e. The van der Waals surface area contributed by atoms with Gasteiger partial charge in [-0.05, 0) is 35.7 Å². The number of hydrogen-bond donors (Lipinski definition) is 0. The van der Waals surface area contributed by atoms with Gasteiger partial charge in [0.15, 0.2) is 0 Å². The SMILES string of the molecule is C=CCC1=Cc2cc(-c3ccccn3)ccc2C1(C)C. The molecule has 0 amide bonds. The number of rotatable bonds is 3. The van der Waals surface area contributed by atoms with Crippen LogP contribution in [0.25, 0.3) is 17.3 Å². The summed E-state index contributed by atoms with van der Waals surface area (Å²) in [6.45, 7) is 8.44. The number of fused-ring (bicyclic) bond motifs is 1. The number of hydrogen-bond acceptors (Lipinski definition) is 1. The van der Waals surface area contributed by atoms with Crippen LogP contribution in [0.2, 0.25) is 0 Å². The van der Waals surface area contributed by atoms with Crippen molar-refractivity contribution in [3.8, 4) is 11.3 Å². The summed E-state index contributed by atoms with van der Waals surface area (Å²) >= 11 is 0. The summed E-state index contributed by atoms with van der Waals surface area (Å²) in [6.07, 6.45) is 7.08. The lowest BCUT2D eigenvalue weighted by Crippen LogP contribution is -2.16. The molecule has 1 aliphatic carbocycles. The van der Waals surface area contributed by atoms with E-state index in [1.54, 1.807) is 0 Å². The summed E-state index contributed by atoms with van der Waals surface area (Å²) in [5.74, 6) is 0. The molecule has 1 nitrogen and oxygen atoms in total. The van der Waals surface area contributed by atoms with Gasteiger partial charge in [-0.15, -0.1) is 6.58 Å². The van der Waals surface area contributed by atoms with E-state index in [1.165, 1.54) is 22.3 Å². The van der Waals surface area contributed by atoms with Crippen LogP contribution in [-0.2, 0) is 5.41 Å². The average molecular weight is 261 g/mol. The Kier molecular flexibility index (Phi) is 3.06. The van der Waals surface area contributed by atoms with Crippen molar-refractivity contribution >= 4 is 6.08 Å². The molecule has 0 saturated carbocycles. The van der Waals surface area contributed by atoms with Crippen molar-refractivity contribution in [2.45, 2.75) is 25.7 Å². The minimum atomic E-state index is 0.103. The van der Waals surface area contributed by atoms with Gasteiger partial charge in [0.1, 0.15) is 0 Å². The summed E-state index contributed by atoms with van der Waals surface area (Å²) in [5, 5.41) is 0. The molecule has 1 heteroatoms. The molecule has 0 radical (unpaired) electrons. The topological polar surface area (TPSA) is 12.9 Å². The van der Waals surface area contributed by atoms with Gasteiger partial charge in [0.05, 0.1) is 5.69 Å². The van der Waals surface area contributed by atoms with Crippen molar-refractivity contribution in [2.24, 2.45) is 0 Å². The zero-order valence-electron chi connectivity index (χ0n) is 12.1. The summed E-state index contributed by atoms with van der Waals surface area (Å²) in [5.41, 5.74) is 6.45. The normalized spacial score (nSPS) is 15.6. The Morgan fingerprint density at radius 1 is 1.20 bits per heavy atom. The molecule has 1 heterocycles. The van der Waals surface area contributed by atoms with Crippen molar-refractivity contribution in [1.29, 1.82) is 0 Å². The quantitative estimate of drug-likeness (QED) is 0.708. The van der Waals surface area contributed by atoms with Crippen molar-refractivity contribution < 1.29 is 0 Å². The van der Waals surface area contributed by atoms with E-state index in [9.17, 15) is 0 Å². The lowest BCUT2D eigenvalue weighted by Gasteiger charge is -2.24. The Morgan fingerprint density at radius 3 is 2.75 bits per heavy atom. The van der Waals surface area contributed by atoms with Crippen molar-refractivity contribution in [1.82, 2.24) is 4.98 Å². The van der Waals surface area contributed by atoms with E-state index in [2.05, 4.69) is 55.8 Å². The van der Waals surface area contributed by atoms with Crippen LogP contribution >= 0.6 is 0 Å². The molecular weight excluding hydrogens is 242 g/mol. The van der Waals surface area contributed by atoms with Crippen molar-refractivity contribution in [2.75, 3.05) is 0 Å².